The maximum atomic E-state index is 12.4. The van der Waals surface area contributed by atoms with E-state index < -0.39 is 10.0 Å². The fourth-order valence-corrected chi connectivity index (χ4v) is 3.85. The Morgan fingerprint density at radius 1 is 0.815 bits per heavy atom. The van der Waals surface area contributed by atoms with Crippen molar-refractivity contribution in [3.05, 3.63) is 84.4 Å². The van der Waals surface area contributed by atoms with Gasteiger partial charge in [0.2, 0.25) is 0 Å². The third-order valence-corrected chi connectivity index (χ3v) is 5.94. The van der Waals surface area contributed by atoms with Crippen LogP contribution in [0.2, 0.25) is 0 Å². The number of thioether (sulfide) groups is 1. The zero-order chi connectivity index (χ0) is 19.3. The summed E-state index contributed by atoms with van der Waals surface area (Å²) in [6.45, 7) is 0. The predicted molar refractivity (Wildman–Crippen MR) is 110 cm³/mol. The van der Waals surface area contributed by atoms with E-state index in [0.29, 0.717) is 16.9 Å². The molecule has 0 spiro atoms. The average molecular weight is 399 g/mol. The molecular weight excluding hydrogens is 380 g/mol. The number of hydrogen-bond donors (Lipinski definition) is 2. The van der Waals surface area contributed by atoms with Crippen LogP contribution in [-0.2, 0) is 10.0 Å². The normalized spacial score (nSPS) is 11.0. The van der Waals surface area contributed by atoms with E-state index in [9.17, 15) is 13.2 Å². The van der Waals surface area contributed by atoms with Crippen molar-refractivity contribution in [3.8, 4) is 0 Å². The van der Waals surface area contributed by atoms with Crippen molar-refractivity contribution in [2.75, 3.05) is 16.3 Å². The molecule has 0 aliphatic rings. The highest BCUT2D eigenvalue weighted by molar-refractivity contribution is 7.98. The van der Waals surface area contributed by atoms with Gasteiger partial charge in [-0.1, -0.05) is 18.2 Å². The molecule has 0 aromatic heterocycles. The van der Waals surface area contributed by atoms with Crippen LogP contribution in [0, 0.1) is 0 Å². The van der Waals surface area contributed by atoms with Crippen LogP contribution in [0.5, 0.6) is 0 Å². The summed E-state index contributed by atoms with van der Waals surface area (Å²) in [5.74, 6) is -0.299. The van der Waals surface area contributed by atoms with Gasteiger partial charge in [0, 0.05) is 21.8 Å². The predicted octanol–water partition coefficient (Wildman–Crippen LogP) is 4.46. The molecule has 2 N–H and O–H groups in total. The summed E-state index contributed by atoms with van der Waals surface area (Å²) >= 11 is 1.62. The topological polar surface area (TPSA) is 75.3 Å². The molecule has 138 valence electrons. The molecule has 0 saturated carbocycles. The molecule has 3 aromatic carbocycles. The third kappa shape index (κ3) is 4.90. The van der Waals surface area contributed by atoms with Crippen molar-refractivity contribution < 1.29 is 13.2 Å². The first-order valence-electron chi connectivity index (χ1n) is 8.11. The van der Waals surface area contributed by atoms with Crippen LogP contribution >= 0.6 is 11.8 Å². The number of carbonyl (C=O) groups is 1. The van der Waals surface area contributed by atoms with Gasteiger partial charge < -0.3 is 5.32 Å². The lowest BCUT2D eigenvalue weighted by atomic mass is 10.2. The van der Waals surface area contributed by atoms with Crippen molar-refractivity contribution in [1.29, 1.82) is 0 Å². The zero-order valence-corrected chi connectivity index (χ0v) is 16.2. The van der Waals surface area contributed by atoms with E-state index in [-0.39, 0.29) is 10.8 Å². The maximum Gasteiger partial charge on any atom is 0.261 e. The van der Waals surface area contributed by atoms with E-state index in [4.69, 9.17) is 0 Å². The highest BCUT2D eigenvalue weighted by Crippen LogP contribution is 2.19. The van der Waals surface area contributed by atoms with Crippen LogP contribution in [0.4, 0.5) is 11.4 Å². The summed E-state index contributed by atoms with van der Waals surface area (Å²) < 4.78 is 27.3. The van der Waals surface area contributed by atoms with Crippen molar-refractivity contribution in [2.24, 2.45) is 0 Å². The molecule has 5 nitrogen and oxygen atoms in total. The SMILES string of the molecule is CSc1ccc(NC(=O)c2ccc(S(=O)(=O)Nc3ccccc3)cc2)cc1. The molecule has 7 heteroatoms. The van der Waals surface area contributed by atoms with Gasteiger partial charge in [-0.15, -0.1) is 11.8 Å². The van der Waals surface area contributed by atoms with Gasteiger partial charge in [0.05, 0.1) is 4.90 Å². The number of sulfonamides is 1. The Morgan fingerprint density at radius 3 is 2.04 bits per heavy atom. The van der Waals surface area contributed by atoms with Crippen LogP contribution in [0.3, 0.4) is 0 Å². The molecule has 0 aliphatic heterocycles. The second-order valence-corrected chi connectivity index (χ2v) is 8.24. The zero-order valence-electron chi connectivity index (χ0n) is 14.5. The molecule has 1 amide bonds. The Labute approximate surface area is 162 Å². The minimum absolute atomic E-state index is 0.0900. The lowest BCUT2D eigenvalue weighted by Crippen LogP contribution is -2.14. The van der Waals surface area contributed by atoms with Gasteiger partial charge in [-0.05, 0) is 66.9 Å². The first-order valence-corrected chi connectivity index (χ1v) is 10.8. The number of rotatable bonds is 6. The minimum Gasteiger partial charge on any atom is -0.322 e. The highest BCUT2D eigenvalue weighted by Gasteiger charge is 2.15. The van der Waals surface area contributed by atoms with Crippen molar-refractivity contribution in [2.45, 2.75) is 9.79 Å². The quantitative estimate of drug-likeness (QED) is 0.601. The van der Waals surface area contributed by atoms with Crippen molar-refractivity contribution >= 4 is 39.1 Å². The van der Waals surface area contributed by atoms with Crippen LogP contribution in [-0.4, -0.2) is 20.6 Å². The Kier molecular flexibility index (Phi) is 5.83. The van der Waals surface area contributed by atoms with Crippen molar-refractivity contribution in [1.82, 2.24) is 0 Å². The summed E-state index contributed by atoms with van der Waals surface area (Å²) in [4.78, 5) is 13.5. The van der Waals surface area contributed by atoms with Crippen LogP contribution in [0.15, 0.2) is 88.7 Å². The average Bonchev–Trinajstić information content (AvgIpc) is 2.69. The van der Waals surface area contributed by atoms with E-state index in [0.717, 1.165) is 4.90 Å². The Hall–Kier alpha value is -2.77. The Balaban J connectivity index is 1.71. The number of nitrogens with one attached hydrogen (secondary N) is 2. The standard InChI is InChI=1S/C20H18N2O3S2/c1-26-18-11-9-16(10-12-18)21-20(23)15-7-13-19(14-8-15)27(24,25)22-17-5-3-2-4-6-17/h2-14,22H,1H3,(H,21,23). The van der Waals surface area contributed by atoms with E-state index in [1.165, 1.54) is 24.3 Å². The van der Waals surface area contributed by atoms with Gasteiger partial charge in [-0.3, -0.25) is 9.52 Å². The number of anilines is 2. The molecule has 0 atom stereocenters. The lowest BCUT2D eigenvalue weighted by molar-refractivity contribution is 0.102. The molecule has 27 heavy (non-hydrogen) atoms. The summed E-state index contributed by atoms with van der Waals surface area (Å²) in [5.41, 5.74) is 1.54. The van der Waals surface area contributed by atoms with E-state index in [1.54, 1.807) is 42.1 Å². The van der Waals surface area contributed by atoms with Crippen LogP contribution < -0.4 is 10.0 Å². The summed E-state index contributed by atoms with van der Waals surface area (Å²) in [6, 6.07) is 21.9. The monoisotopic (exact) mass is 398 g/mol. The molecule has 3 aromatic rings. The summed E-state index contributed by atoms with van der Waals surface area (Å²) in [5, 5.41) is 2.79. The first kappa shape index (κ1) is 19.0. The number of hydrogen-bond acceptors (Lipinski definition) is 4. The van der Waals surface area contributed by atoms with E-state index >= 15 is 0 Å². The maximum absolute atomic E-state index is 12.4. The third-order valence-electron chi connectivity index (χ3n) is 3.80. The summed E-state index contributed by atoms with van der Waals surface area (Å²) in [6.07, 6.45) is 1.98. The fraction of sp³-hybridized carbons (Fsp3) is 0.0500. The van der Waals surface area contributed by atoms with Gasteiger partial charge in [0.1, 0.15) is 0 Å². The molecule has 0 heterocycles. The molecular formula is C20H18N2O3S2. The lowest BCUT2D eigenvalue weighted by Gasteiger charge is -2.09. The van der Waals surface area contributed by atoms with Crippen LogP contribution in [0.25, 0.3) is 0 Å². The van der Waals surface area contributed by atoms with E-state index in [1.807, 2.05) is 30.5 Å². The Bertz CT molecular complexity index is 1020. The highest BCUT2D eigenvalue weighted by atomic mass is 32.2. The largest absolute Gasteiger partial charge is 0.322 e. The second kappa shape index (κ2) is 8.28. The van der Waals surface area contributed by atoms with Gasteiger partial charge in [-0.25, -0.2) is 8.42 Å². The molecule has 3 rings (SSSR count). The molecule has 0 fully saturated rings. The van der Waals surface area contributed by atoms with Gasteiger partial charge in [-0.2, -0.15) is 0 Å². The van der Waals surface area contributed by atoms with Gasteiger partial charge >= 0.3 is 0 Å². The molecule has 0 bridgehead atoms. The van der Waals surface area contributed by atoms with E-state index in [2.05, 4.69) is 10.0 Å². The number of carbonyl (C=O) groups excluding carboxylic acids is 1. The number of para-hydroxylation sites is 1. The first-order chi connectivity index (χ1) is 13.0. The number of amides is 1. The molecule has 0 aliphatic carbocycles. The van der Waals surface area contributed by atoms with Crippen molar-refractivity contribution in [3.63, 3.8) is 0 Å². The Morgan fingerprint density at radius 2 is 1.44 bits per heavy atom. The van der Waals surface area contributed by atoms with Crippen LogP contribution in [0.1, 0.15) is 10.4 Å². The second-order valence-electron chi connectivity index (χ2n) is 5.68. The minimum atomic E-state index is -3.71. The van der Waals surface area contributed by atoms with Gasteiger partial charge in [0.15, 0.2) is 0 Å². The molecule has 0 saturated heterocycles. The summed E-state index contributed by atoms with van der Waals surface area (Å²) in [7, 11) is -3.71. The smallest absolute Gasteiger partial charge is 0.261 e. The fourth-order valence-electron chi connectivity index (χ4n) is 2.38. The number of benzene rings is 3. The van der Waals surface area contributed by atoms with Gasteiger partial charge in [0.25, 0.3) is 15.9 Å². The molecule has 0 radical (unpaired) electrons. The molecule has 0 unspecified atom stereocenters.